The third-order valence-electron chi connectivity index (χ3n) is 2.57. The molecule has 1 fully saturated rings. The Balaban J connectivity index is 2.02. The van der Waals surface area contributed by atoms with Gasteiger partial charge in [0.05, 0.1) is 0 Å². The average molecular weight is 221 g/mol. The van der Waals surface area contributed by atoms with E-state index in [4.69, 9.17) is 10.5 Å². The molecule has 1 aromatic heterocycles. The first-order valence-corrected chi connectivity index (χ1v) is 5.39. The first kappa shape index (κ1) is 10.9. The fourth-order valence-corrected chi connectivity index (χ4v) is 1.72. The zero-order valence-electron chi connectivity index (χ0n) is 8.98. The zero-order chi connectivity index (χ0) is 11.4. The van der Waals surface area contributed by atoms with Crippen LogP contribution in [0.25, 0.3) is 0 Å². The van der Waals surface area contributed by atoms with Crippen molar-refractivity contribution in [3.63, 3.8) is 0 Å². The highest BCUT2D eigenvalue weighted by Crippen LogP contribution is 2.16. The molecule has 1 amide bonds. The molecular weight excluding hydrogens is 206 g/mol. The molecule has 2 heterocycles. The van der Waals surface area contributed by atoms with Crippen molar-refractivity contribution in [1.82, 2.24) is 10.3 Å². The number of hydrogen-bond donors (Lipinski definition) is 2. The van der Waals surface area contributed by atoms with Crippen LogP contribution in [0.2, 0.25) is 0 Å². The molecular formula is C11H15N3O2. The molecule has 0 radical (unpaired) electrons. The number of ether oxygens (including phenoxy) is 1. The highest BCUT2D eigenvalue weighted by atomic mass is 16.5. The fraction of sp³-hybridized carbons (Fsp3) is 0.455. The summed E-state index contributed by atoms with van der Waals surface area (Å²) in [6, 6.07) is 3.33. The Bertz CT molecular complexity index is 375. The normalized spacial score (nSPS) is 17.0. The molecule has 0 bridgehead atoms. The molecule has 0 unspecified atom stereocenters. The van der Waals surface area contributed by atoms with Crippen molar-refractivity contribution in [2.45, 2.75) is 18.9 Å². The molecule has 0 atom stereocenters. The van der Waals surface area contributed by atoms with E-state index in [-0.39, 0.29) is 11.8 Å². The molecule has 3 N–H and O–H groups in total. The van der Waals surface area contributed by atoms with Gasteiger partial charge in [0.25, 0.3) is 5.91 Å². The first-order chi connectivity index (χ1) is 7.75. The second-order valence-electron chi connectivity index (χ2n) is 3.81. The summed E-state index contributed by atoms with van der Waals surface area (Å²) in [7, 11) is 0. The molecule has 0 aromatic carbocycles. The molecule has 0 saturated carbocycles. The number of aromatic nitrogens is 1. The van der Waals surface area contributed by atoms with Gasteiger partial charge in [-0.15, -0.1) is 0 Å². The highest BCUT2D eigenvalue weighted by Gasteiger charge is 2.14. The monoisotopic (exact) mass is 221 g/mol. The number of carbonyl (C=O) groups is 1. The number of primary amides is 1. The number of nitrogens with two attached hydrogens (primary N) is 1. The van der Waals surface area contributed by atoms with Crippen LogP contribution >= 0.6 is 0 Å². The number of amides is 1. The largest absolute Gasteiger partial charge is 0.490 e. The molecule has 1 saturated heterocycles. The predicted octanol–water partition coefficient (Wildman–Crippen LogP) is 0.311. The number of pyridine rings is 1. The number of rotatable bonds is 3. The Morgan fingerprint density at radius 2 is 2.25 bits per heavy atom. The van der Waals surface area contributed by atoms with Gasteiger partial charge < -0.3 is 15.8 Å². The van der Waals surface area contributed by atoms with Gasteiger partial charge in [0, 0.05) is 12.3 Å². The quantitative estimate of drug-likeness (QED) is 0.770. The summed E-state index contributed by atoms with van der Waals surface area (Å²) in [6.45, 7) is 1.94. The van der Waals surface area contributed by atoms with Crippen molar-refractivity contribution < 1.29 is 9.53 Å². The summed E-state index contributed by atoms with van der Waals surface area (Å²) in [6.07, 6.45) is 3.71. The minimum Gasteiger partial charge on any atom is -0.490 e. The maximum Gasteiger partial charge on any atom is 0.267 e. The predicted molar refractivity (Wildman–Crippen MR) is 59.3 cm³/mol. The topological polar surface area (TPSA) is 77.2 Å². The summed E-state index contributed by atoms with van der Waals surface area (Å²) >= 11 is 0. The van der Waals surface area contributed by atoms with Gasteiger partial charge in [0.1, 0.15) is 17.5 Å². The van der Waals surface area contributed by atoms with E-state index in [1.54, 1.807) is 12.1 Å². The Morgan fingerprint density at radius 3 is 2.94 bits per heavy atom. The van der Waals surface area contributed by atoms with Gasteiger partial charge in [-0.25, -0.2) is 0 Å². The van der Waals surface area contributed by atoms with Crippen LogP contribution in [0.4, 0.5) is 0 Å². The van der Waals surface area contributed by atoms with E-state index >= 15 is 0 Å². The molecule has 86 valence electrons. The number of hydrogen-bond acceptors (Lipinski definition) is 4. The molecule has 5 nitrogen and oxygen atoms in total. The Kier molecular flexibility index (Phi) is 3.36. The van der Waals surface area contributed by atoms with E-state index in [9.17, 15) is 4.79 Å². The van der Waals surface area contributed by atoms with Crippen molar-refractivity contribution in [2.24, 2.45) is 5.73 Å². The van der Waals surface area contributed by atoms with E-state index in [0.29, 0.717) is 5.75 Å². The van der Waals surface area contributed by atoms with Gasteiger partial charge in [0.2, 0.25) is 0 Å². The van der Waals surface area contributed by atoms with E-state index < -0.39 is 5.91 Å². The summed E-state index contributed by atoms with van der Waals surface area (Å²) in [5.41, 5.74) is 5.39. The van der Waals surface area contributed by atoms with Crippen LogP contribution < -0.4 is 15.8 Å². The van der Waals surface area contributed by atoms with E-state index in [0.717, 1.165) is 25.9 Å². The number of nitrogens with one attached hydrogen (secondary N) is 1. The molecule has 2 rings (SSSR count). The standard InChI is InChI=1S/C11H15N3O2/c12-11(15)10-7-9(3-6-14-10)16-8-1-4-13-5-2-8/h3,6-8,13H,1-2,4-5H2,(H2,12,15). The van der Waals surface area contributed by atoms with Gasteiger partial charge in [0.15, 0.2) is 0 Å². The van der Waals surface area contributed by atoms with Crippen LogP contribution in [0.15, 0.2) is 18.3 Å². The second-order valence-corrected chi connectivity index (χ2v) is 3.81. The lowest BCUT2D eigenvalue weighted by atomic mass is 10.1. The van der Waals surface area contributed by atoms with E-state index in [2.05, 4.69) is 10.3 Å². The number of piperidine rings is 1. The molecule has 16 heavy (non-hydrogen) atoms. The third-order valence-corrected chi connectivity index (χ3v) is 2.57. The Hall–Kier alpha value is -1.62. The van der Waals surface area contributed by atoms with Crippen LogP contribution in [-0.4, -0.2) is 30.1 Å². The van der Waals surface area contributed by atoms with Crippen molar-refractivity contribution in [1.29, 1.82) is 0 Å². The van der Waals surface area contributed by atoms with Crippen LogP contribution in [0, 0.1) is 0 Å². The lowest BCUT2D eigenvalue weighted by molar-refractivity contribution is 0.0994. The van der Waals surface area contributed by atoms with Crippen LogP contribution in [0.3, 0.4) is 0 Å². The Labute approximate surface area is 94.0 Å². The Morgan fingerprint density at radius 1 is 1.50 bits per heavy atom. The number of nitrogens with zero attached hydrogens (tertiary/aromatic N) is 1. The van der Waals surface area contributed by atoms with Gasteiger partial charge in [-0.05, 0) is 32.0 Å². The molecule has 0 aliphatic carbocycles. The fourth-order valence-electron chi connectivity index (χ4n) is 1.72. The van der Waals surface area contributed by atoms with Crippen LogP contribution in [0.5, 0.6) is 5.75 Å². The summed E-state index contributed by atoms with van der Waals surface area (Å²) in [5, 5.41) is 3.26. The second kappa shape index (κ2) is 4.94. The first-order valence-electron chi connectivity index (χ1n) is 5.39. The maximum absolute atomic E-state index is 10.9. The van der Waals surface area contributed by atoms with Gasteiger partial charge in [-0.3, -0.25) is 9.78 Å². The van der Waals surface area contributed by atoms with Crippen molar-refractivity contribution in [3.05, 3.63) is 24.0 Å². The van der Waals surface area contributed by atoms with Gasteiger partial charge >= 0.3 is 0 Å². The summed E-state index contributed by atoms with van der Waals surface area (Å²) < 4.78 is 5.76. The molecule has 0 spiro atoms. The van der Waals surface area contributed by atoms with Crippen molar-refractivity contribution in [2.75, 3.05) is 13.1 Å². The van der Waals surface area contributed by atoms with Gasteiger partial charge in [-0.2, -0.15) is 0 Å². The average Bonchev–Trinajstić information content (AvgIpc) is 2.30. The maximum atomic E-state index is 10.9. The molecule has 5 heteroatoms. The third kappa shape index (κ3) is 2.70. The zero-order valence-corrected chi connectivity index (χ0v) is 8.98. The van der Waals surface area contributed by atoms with Crippen molar-refractivity contribution >= 4 is 5.91 Å². The SMILES string of the molecule is NC(=O)c1cc(OC2CCNCC2)ccn1. The molecule has 1 aliphatic rings. The smallest absolute Gasteiger partial charge is 0.267 e. The van der Waals surface area contributed by atoms with Gasteiger partial charge in [-0.1, -0.05) is 0 Å². The summed E-state index contributed by atoms with van der Waals surface area (Å²) in [4.78, 5) is 14.8. The lowest BCUT2D eigenvalue weighted by Gasteiger charge is -2.23. The van der Waals surface area contributed by atoms with Crippen LogP contribution in [0.1, 0.15) is 23.3 Å². The lowest BCUT2D eigenvalue weighted by Crippen LogP contribution is -2.34. The molecule has 1 aliphatic heterocycles. The highest BCUT2D eigenvalue weighted by molar-refractivity contribution is 5.91. The minimum absolute atomic E-state index is 0.212. The van der Waals surface area contributed by atoms with Crippen LogP contribution in [-0.2, 0) is 0 Å². The van der Waals surface area contributed by atoms with E-state index in [1.807, 2.05) is 0 Å². The summed E-state index contributed by atoms with van der Waals surface area (Å²) in [5.74, 6) is 0.131. The molecule has 1 aromatic rings. The van der Waals surface area contributed by atoms with E-state index in [1.165, 1.54) is 6.20 Å². The van der Waals surface area contributed by atoms with Crippen molar-refractivity contribution in [3.8, 4) is 5.75 Å². The minimum atomic E-state index is -0.532. The number of carbonyl (C=O) groups excluding carboxylic acids is 1.